The van der Waals surface area contributed by atoms with Gasteiger partial charge in [0.1, 0.15) is 0 Å². The molecule has 2 rings (SSSR count). The number of amides is 1. The van der Waals surface area contributed by atoms with Gasteiger partial charge >= 0.3 is 5.97 Å². The molecule has 1 N–H and O–H groups in total. The molecule has 4 nitrogen and oxygen atoms in total. The maximum Gasteiger partial charge on any atom is 0.327 e. The Morgan fingerprint density at radius 2 is 2.11 bits per heavy atom. The molecular weight excluding hydrogens is 242 g/mol. The second kappa shape index (κ2) is 6.18. The van der Waals surface area contributed by atoms with E-state index in [0.717, 1.165) is 18.1 Å². The Balaban J connectivity index is 1.99. The van der Waals surface area contributed by atoms with E-state index in [9.17, 15) is 9.59 Å². The Labute approximate surface area is 112 Å². The smallest absolute Gasteiger partial charge is 0.327 e. The monoisotopic (exact) mass is 259 g/mol. The van der Waals surface area contributed by atoms with Crippen LogP contribution in [0.15, 0.2) is 42.5 Å². The third-order valence-electron chi connectivity index (χ3n) is 3.32. The quantitative estimate of drug-likeness (QED) is 0.825. The van der Waals surface area contributed by atoms with Gasteiger partial charge in [0.05, 0.1) is 0 Å². The third kappa shape index (κ3) is 3.68. The molecule has 1 heterocycles. The molecule has 4 heteroatoms. The van der Waals surface area contributed by atoms with Gasteiger partial charge in [-0.05, 0) is 18.4 Å². The number of likely N-dealkylation sites (tertiary alicyclic amines) is 1. The molecule has 0 saturated carbocycles. The van der Waals surface area contributed by atoms with Crippen LogP contribution in [-0.4, -0.2) is 27.9 Å². The van der Waals surface area contributed by atoms with Crippen molar-refractivity contribution in [3.05, 3.63) is 48.0 Å². The van der Waals surface area contributed by atoms with Crippen LogP contribution in [0.2, 0.25) is 0 Å². The van der Waals surface area contributed by atoms with Gasteiger partial charge in [0, 0.05) is 25.1 Å². The van der Waals surface area contributed by atoms with E-state index in [2.05, 4.69) is 0 Å². The summed E-state index contributed by atoms with van der Waals surface area (Å²) in [4.78, 5) is 24.2. The lowest BCUT2D eigenvalue weighted by molar-refractivity contribution is -0.131. The van der Waals surface area contributed by atoms with Crippen LogP contribution in [0.5, 0.6) is 0 Å². The maximum atomic E-state index is 11.9. The van der Waals surface area contributed by atoms with Gasteiger partial charge in [-0.15, -0.1) is 0 Å². The van der Waals surface area contributed by atoms with Crippen molar-refractivity contribution >= 4 is 11.9 Å². The first-order valence-corrected chi connectivity index (χ1v) is 6.39. The topological polar surface area (TPSA) is 57.6 Å². The van der Waals surface area contributed by atoms with Gasteiger partial charge in [0.25, 0.3) is 0 Å². The van der Waals surface area contributed by atoms with Gasteiger partial charge < -0.3 is 10.0 Å². The Bertz CT molecular complexity index is 481. The zero-order valence-corrected chi connectivity index (χ0v) is 10.7. The summed E-state index contributed by atoms with van der Waals surface area (Å²) in [6, 6.07) is 9.96. The number of carbonyl (C=O) groups excluding carboxylic acids is 1. The molecule has 0 unspecified atom stereocenters. The highest BCUT2D eigenvalue weighted by Crippen LogP contribution is 2.24. The van der Waals surface area contributed by atoms with E-state index in [0.29, 0.717) is 19.4 Å². The minimum Gasteiger partial charge on any atom is -0.478 e. The molecule has 1 aromatic rings. The van der Waals surface area contributed by atoms with Crippen LogP contribution in [0.4, 0.5) is 0 Å². The summed E-state index contributed by atoms with van der Waals surface area (Å²) in [5, 5.41) is 8.57. The summed E-state index contributed by atoms with van der Waals surface area (Å²) in [5.41, 5.74) is 1.10. The van der Waals surface area contributed by atoms with Gasteiger partial charge in [-0.1, -0.05) is 36.4 Å². The molecular formula is C15H17NO3. The fourth-order valence-electron chi connectivity index (χ4n) is 2.36. The number of hydrogen-bond acceptors (Lipinski definition) is 2. The van der Waals surface area contributed by atoms with E-state index < -0.39 is 5.97 Å². The number of hydrogen-bond donors (Lipinski definition) is 1. The van der Waals surface area contributed by atoms with Crippen molar-refractivity contribution in [1.82, 2.24) is 4.90 Å². The molecule has 1 aliphatic heterocycles. The number of aliphatic carboxylic acids is 1. The molecule has 0 spiro atoms. The number of carboxylic acids is 1. The molecule has 0 aromatic heterocycles. The fourth-order valence-corrected chi connectivity index (χ4v) is 2.36. The molecule has 0 aliphatic carbocycles. The van der Waals surface area contributed by atoms with Gasteiger partial charge in [0.15, 0.2) is 0 Å². The number of nitrogens with zero attached hydrogens (tertiary/aromatic N) is 1. The van der Waals surface area contributed by atoms with E-state index in [1.54, 1.807) is 6.08 Å². The second-order valence-electron chi connectivity index (χ2n) is 4.68. The predicted molar refractivity (Wildman–Crippen MR) is 71.4 cm³/mol. The van der Waals surface area contributed by atoms with Gasteiger partial charge in [0.2, 0.25) is 5.91 Å². The Morgan fingerprint density at radius 3 is 2.79 bits per heavy atom. The molecule has 0 bridgehead atoms. The van der Waals surface area contributed by atoms with E-state index in [1.165, 1.54) is 0 Å². The van der Waals surface area contributed by atoms with Crippen molar-refractivity contribution < 1.29 is 14.7 Å². The highest BCUT2D eigenvalue weighted by atomic mass is 16.4. The minimum atomic E-state index is -0.945. The number of carboxylic acid groups (broad SMARTS) is 1. The molecule has 1 aromatic carbocycles. The highest BCUT2D eigenvalue weighted by Gasteiger charge is 2.29. The predicted octanol–water partition coefficient (Wildman–Crippen LogP) is 2.21. The average Bonchev–Trinajstić information content (AvgIpc) is 2.72. The number of carbonyl (C=O) groups is 2. The largest absolute Gasteiger partial charge is 0.478 e. The molecule has 1 aliphatic rings. The molecule has 100 valence electrons. The first-order chi connectivity index (χ1) is 9.16. The summed E-state index contributed by atoms with van der Waals surface area (Å²) < 4.78 is 0. The lowest BCUT2D eigenvalue weighted by Crippen LogP contribution is -2.32. The van der Waals surface area contributed by atoms with Crippen LogP contribution >= 0.6 is 0 Å². The van der Waals surface area contributed by atoms with Crippen LogP contribution in [0.25, 0.3) is 0 Å². The lowest BCUT2D eigenvalue weighted by Gasteiger charge is -2.24. The molecule has 1 atom stereocenters. The van der Waals surface area contributed by atoms with E-state index in [-0.39, 0.29) is 11.9 Å². The van der Waals surface area contributed by atoms with Crippen molar-refractivity contribution in [2.75, 3.05) is 0 Å². The molecule has 1 saturated heterocycles. The SMILES string of the molecule is O=C(O)/C=C/C[C@@H]1CCC(=O)N1Cc1ccccc1. The van der Waals surface area contributed by atoms with E-state index >= 15 is 0 Å². The summed E-state index contributed by atoms with van der Waals surface area (Å²) in [6.07, 6.45) is 4.73. The van der Waals surface area contributed by atoms with Crippen LogP contribution in [0.3, 0.4) is 0 Å². The molecule has 1 amide bonds. The Hall–Kier alpha value is -2.10. The third-order valence-corrected chi connectivity index (χ3v) is 3.32. The summed E-state index contributed by atoms with van der Waals surface area (Å²) in [6.45, 7) is 0.602. The summed E-state index contributed by atoms with van der Waals surface area (Å²) in [5.74, 6) is -0.795. The van der Waals surface area contributed by atoms with Gasteiger partial charge in [-0.3, -0.25) is 4.79 Å². The van der Waals surface area contributed by atoms with Crippen molar-refractivity contribution in [3.63, 3.8) is 0 Å². The van der Waals surface area contributed by atoms with Gasteiger partial charge in [-0.25, -0.2) is 4.79 Å². The maximum absolute atomic E-state index is 11.9. The number of rotatable bonds is 5. The van der Waals surface area contributed by atoms with Crippen molar-refractivity contribution in [2.45, 2.75) is 31.8 Å². The first-order valence-electron chi connectivity index (χ1n) is 6.39. The van der Waals surface area contributed by atoms with Crippen molar-refractivity contribution in [3.8, 4) is 0 Å². The number of benzene rings is 1. The molecule has 1 fully saturated rings. The normalized spacial score (nSPS) is 19.3. The van der Waals surface area contributed by atoms with Crippen molar-refractivity contribution in [1.29, 1.82) is 0 Å². The molecule has 0 radical (unpaired) electrons. The van der Waals surface area contributed by atoms with Crippen LogP contribution in [0.1, 0.15) is 24.8 Å². The van der Waals surface area contributed by atoms with E-state index in [4.69, 9.17) is 5.11 Å². The Morgan fingerprint density at radius 1 is 1.37 bits per heavy atom. The molecule has 19 heavy (non-hydrogen) atoms. The van der Waals surface area contributed by atoms with Crippen LogP contribution < -0.4 is 0 Å². The first kappa shape index (κ1) is 13.3. The van der Waals surface area contributed by atoms with E-state index in [1.807, 2.05) is 35.2 Å². The standard InChI is InChI=1S/C15H17NO3/c17-14-10-9-13(7-4-8-15(18)19)16(14)11-12-5-2-1-3-6-12/h1-6,8,13H,7,9-11H2,(H,18,19)/b8-4+/t13-/m1/s1. The van der Waals surface area contributed by atoms with Crippen LogP contribution in [-0.2, 0) is 16.1 Å². The lowest BCUT2D eigenvalue weighted by atomic mass is 10.1. The highest BCUT2D eigenvalue weighted by molar-refractivity contribution is 5.80. The minimum absolute atomic E-state index is 0.114. The summed E-state index contributed by atoms with van der Waals surface area (Å²) >= 11 is 0. The second-order valence-corrected chi connectivity index (χ2v) is 4.68. The van der Waals surface area contributed by atoms with Gasteiger partial charge in [-0.2, -0.15) is 0 Å². The summed E-state index contributed by atoms with van der Waals surface area (Å²) in [7, 11) is 0. The zero-order valence-electron chi connectivity index (χ0n) is 10.7. The average molecular weight is 259 g/mol. The fraction of sp³-hybridized carbons (Fsp3) is 0.333. The Kier molecular flexibility index (Phi) is 4.34. The van der Waals surface area contributed by atoms with Crippen LogP contribution in [0, 0.1) is 0 Å². The van der Waals surface area contributed by atoms with Crippen molar-refractivity contribution in [2.24, 2.45) is 0 Å². The zero-order chi connectivity index (χ0) is 13.7.